The highest BCUT2D eigenvalue weighted by atomic mass is 32.1. The van der Waals surface area contributed by atoms with Crippen LogP contribution >= 0.6 is 12.2 Å². The molecule has 2 atom stereocenters. The lowest BCUT2D eigenvalue weighted by atomic mass is 10.0. The molecule has 148 valence electrons. The summed E-state index contributed by atoms with van der Waals surface area (Å²) in [6.07, 6.45) is 1.77. The second-order valence-corrected chi connectivity index (χ2v) is 7.60. The predicted molar refractivity (Wildman–Crippen MR) is 114 cm³/mol. The van der Waals surface area contributed by atoms with Crippen LogP contribution < -0.4 is 5.32 Å². The van der Waals surface area contributed by atoms with Crippen LogP contribution in [0.25, 0.3) is 11.3 Å². The van der Waals surface area contributed by atoms with Gasteiger partial charge in [-0.15, -0.1) is 0 Å². The van der Waals surface area contributed by atoms with Crippen molar-refractivity contribution in [1.29, 1.82) is 0 Å². The topological polar surface area (TPSA) is 78.6 Å². The standard InChI is InChI=1S/C22H21N3O3S/c1-13(2)25-20(19(24-22(25)29)16-5-3-4-12-23-16)18-11-10-17(28-18)14-6-8-15(9-7-14)21(26)27/h3-13,19-20H,1-2H3,(H,24,29)(H,26,27)/t19-,20-/m1/s1. The lowest BCUT2D eigenvalue weighted by molar-refractivity contribution is 0.0697. The maximum atomic E-state index is 11.1. The number of nitrogens with one attached hydrogen (secondary N) is 1. The predicted octanol–water partition coefficient (Wildman–Crippen LogP) is 4.42. The minimum absolute atomic E-state index is 0.125. The first-order chi connectivity index (χ1) is 14.0. The minimum Gasteiger partial charge on any atom is -0.478 e. The number of carboxylic acid groups (broad SMARTS) is 1. The smallest absolute Gasteiger partial charge is 0.335 e. The Kier molecular flexibility index (Phi) is 5.07. The lowest BCUT2D eigenvalue weighted by Crippen LogP contribution is -2.35. The van der Waals surface area contributed by atoms with Gasteiger partial charge >= 0.3 is 5.97 Å². The zero-order valence-corrected chi connectivity index (χ0v) is 16.9. The van der Waals surface area contributed by atoms with Crippen molar-refractivity contribution in [3.8, 4) is 11.3 Å². The Balaban J connectivity index is 1.70. The van der Waals surface area contributed by atoms with E-state index in [-0.39, 0.29) is 23.7 Å². The number of aromatic nitrogens is 1. The van der Waals surface area contributed by atoms with Crippen molar-refractivity contribution in [2.24, 2.45) is 0 Å². The summed E-state index contributed by atoms with van der Waals surface area (Å²) in [5.41, 5.74) is 1.96. The molecule has 6 nitrogen and oxygen atoms in total. The number of rotatable bonds is 5. The number of nitrogens with zero attached hydrogens (tertiary/aromatic N) is 2. The van der Waals surface area contributed by atoms with E-state index in [0.717, 1.165) is 17.0 Å². The summed E-state index contributed by atoms with van der Waals surface area (Å²) in [6, 6.07) is 16.2. The van der Waals surface area contributed by atoms with Gasteiger partial charge in [-0.25, -0.2) is 4.79 Å². The van der Waals surface area contributed by atoms with Crippen molar-refractivity contribution in [2.45, 2.75) is 32.0 Å². The van der Waals surface area contributed by atoms with Gasteiger partial charge in [0.15, 0.2) is 5.11 Å². The van der Waals surface area contributed by atoms with Gasteiger partial charge in [-0.05, 0) is 62.5 Å². The largest absolute Gasteiger partial charge is 0.478 e. The van der Waals surface area contributed by atoms with Crippen LogP contribution in [-0.2, 0) is 0 Å². The molecule has 4 rings (SSSR count). The molecule has 1 fully saturated rings. The number of pyridine rings is 1. The Labute approximate surface area is 174 Å². The van der Waals surface area contributed by atoms with Crippen molar-refractivity contribution >= 4 is 23.3 Å². The van der Waals surface area contributed by atoms with Gasteiger partial charge < -0.3 is 19.7 Å². The molecule has 1 aromatic carbocycles. The van der Waals surface area contributed by atoms with Gasteiger partial charge in [-0.1, -0.05) is 18.2 Å². The fourth-order valence-corrected chi connectivity index (χ4v) is 4.12. The highest BCUT2D eigenvalue weighted by Crippen LogP contribution is 2.41. The quantitative estimate of drug-likeness (QED) is 0.606. The fraction of sp³-hybridized carbons (Fsp3) is 0.227. The molecule has 0 spiro atoms. The van der Waals surface area contributed by atoms with Gasteiger partial charge in [0.05, 0.1) is 17.3 Å². The van der Waals surface area contributed by atoms with E-state index in [4.69, 9.17) is 21.7 Å². The SMILES string of the molecule is CC(C)N1C(=S)N[C@H](c2ccccn2)[C@H]1c1ccc(-c2ccc(C(=O)O)cc2)o1. The first kappa shape index (κ1) is 19.1. The second-order valence-electron chi connectivity index (χ2n) is 7.21. The maximum Gasteiger partial charge on any atom is 0.335 e. The third-order valence-electron chi connectivity index (χ3n) is 5.03. The number of carboxylic acids is 1. The lowest BCUT2D eigenvalue weighted by Gasteiger charge is -2.29. The van der Waals surface area contributed by atoms with E-state index in [0.29, 0.717) is 10.9 Å². The molecule has 2 aromatic heterocycles. The Bertz CT molecular complexity index is 1030. The molecule has 0 unspecified atom stereocenters. The molecule has 29 heavy (non-hydrogen) atoms. The monoisotopic (exact) mass is 407 g/mol. The minimum atomic E-state index is -0.951. The molecule has 3 aromatic rings. The van der Waals surface area contributed by atoms with Gasteiger partial charge in [0.1, 0.15) is 17.6 Å². The third kappa shape index (κ3) is 3.61. The van der Waals surface area contributed by atoms with Gasteiger partial charge in [0.2, 0.25) is 0 Å². The van der Waals surface area contributed by atoms with Crippen LogP contribution in [0.2, 0.25) is 0 Å². The highest BCUT2D eigenvalue weighted by Gasteiger charge is 2.42. The van der Waals surface area contributed by atoms with Gasteiger partial charge in [0, 0.05) is 17.8 Å². The van der Waals surface area contributed by atoms with Crippen LogP contribution in [0.3, 0.4) is 0 Å². The Morgan fingerprint density at radius 2 is 1.93 bits per heavy atom. The van der Waals surface area contributed by atoms with Crippen molar-refractivity contribution in [3.63, 3.8) is 0 Å². The molecule has 0 bridgehead atoms. The molecule has 3 heterocycles. The molecule has 0 saturated carbocycles. The van der Waals surface area contributed by atoms with Crippen LogP contribution in [0.4, 0.5) is 0 Å². The number of furan rings is 1. The average Bonchev–Trinajstić information content (AvgIpc) is 3.33. The molecule has 0 radical (unpaired) electrons. The summed E-state index contributed by atoms with van der Waals surface area (Å²) in [6.45, 7) is 4.19. The molecule has 0 amide bonds. The summed E-state index contributed by atoms with van der Waals surface area (Å²) in [7, 11) is 0. The summed E-state index contributed by atoms with van der Waals surface area (Å²) in [5, 5.41) is 13.1. The van der Waals surface area contributed by atoms with E-state index < -0.39 is 5.97 Å². The molecule has 1 saturated heterocycles. The summed E-state index contributed by atoms with van der Waals surface area (Å²) in [4.78, 5) is 17.7. The van der Waals surface area contributed by atoms with Crippen LogP contribution in [0, 0.1) is 0 Å². The summed E-state index contributed by atoms with van der Waals surface area (Å²) in [5.74, 6) is 0.505. The Hall–Kier alpha value is -3.19. The Morgan fingerprint density at radius 3 is 2.55 bits per heavy atom. The fourth-order valence-electron chi connectivity index (χ4n) is 3.67. The first-order valence-electron chi connectivity index (χ1n) is 9.39. The van der Waals surface area contributed by atoms with E-state index in [9.17, 15) is 4.79 Å². The van der Waals surface area contributed by atoms with E-state index in [1.54, 1.807) is 30.5 Å². The normalized spacial score (nSPS) is 18.9. The van der Waals surface area contributed by atoms with Crippen LogP contribution in [-0.4, -0.2) is 32.1 Å². The third-order valence-corrected chi connectivity index (χ3v) is 5.35. The molecule has 7 heteroatoms. The number of thiocarbonyl (C=S) groups is 1. The van der Waals surface area contributed by atoms with Gasteiger partial charge in [0.25, 0.3) is 0 Å². The molecular formula is C22H21N3O3S. The second kappa shape index (κ2) is 7.67. The Morgan fingerprint density at radius 1 is 1.17 bits per heavy atom. The summed E-state index contributed by atoms with van der Waals surface area (Å²) >= 11 is 5.60. The van der Waals surface area contributed by atoms with Gasteiger partial charge in [-0.2, -0.15) is 0 Å². The number of aromatic carboxylic acids is 1. The molecule has 0 aliphatic carbocycles. The number of hydrogen-bond acceptors (Lipinski definition) is 4. The van der Waals surface area contributed by atoms with E-state index >= 15 is 0 Å². The zero-order chi connectivity index (χ0) is 20.5. The summed E-state index contributed by atoms with van der Waals surface area (Å²) < 4.78 is 6.22. The molecule has 1 aliphatic heterocycles. The van der Waals surface area contributed by atoms with Crippen molar-refractivity contribution in [3.05, 3.63) is 77.8 Å². The van der Waals surface area contributed by atoms with E-state index in [2.05, 4.69) is 29.0 Å². The highest BCUT2D eigenvalue weighted by molar-refractivity contribution is 7.80. The van der Waals surface area contributed by atoms with Gasteiger partial charge in [-0.3, -0.25) is 4.98 Å². The van der Waals surface area contributed by atoms with Crippen molar-refractivity contribution in [1.82, 2.24) is 15.2 Å². The number of hydrogen-bond donors (Lipinski definition) is 2. The molecule has 1 aliphatic rings. The van der Waals surface area contributed by atoms with Crippen molar-refractivity contribution < 1.29 is 14.3 Å². The number of benzene rings is 1. The zero-order valence-electron chi connectivity index (χ0n) is 16.1. The average molecular weight is 407 g/mol. The van der Waals surface area contributed by atoms with E-state index in [1.807, 2.05) is 30.3 Å². The first-order valence-corrected chi connectivity index (χ1v) is 9.79. The van der Waals surface area contributed by atoms with Crippen molar-refractivity contribution in [2.75, 3.05) is 0 Å². The van der Waals surface area contributed by atoms with Crippen LogP contribution in [0.15, 0.2) is 65.2 Å². The molecule has 2 N–H and O–H groups in total. The van der Waals surface area contributed by atoms with Crippen LogP contribution in [0.1, 0.15) is 47.7 Å². The molecular weight excluding hydrogens is 386 g/mol. The maximum absolute atomic E-state index is 11.1. The van der Waals surface area contributed by atoms with Crippen LogP contribution in [0.5, 0.6) is 0 Å². The van der Waals surface area contributed by atoms with E-state index in [1.165, 1.54) is 0 Å². The number of carbonyl (C=O) groups is 1.